The molecule has 1 aliphatic heterocycles. The molecule has 1 atom stereocenters. The average molecular weight is 324 g/mol. The second kappa shape index (κ2) is 5.23. The Hall–Kier alpha value is -3.09. The van der Waals surface area contributed by atoms with E-state index in [9.17, 15) is 14.7 Å². The van der Waals surface area contributed by atoms with E-state index in [1.165, 1.54) is 11.2 Å². The number of amides is 1. The highest BCUT2D eigenvalue weighted by Crippen LogP contribution is 2.27. The highest BCUT2D eigenvalue weighted by atomic mass is 16.4. The predicted octanol–water partition coefficient (Wildman–Crippen LogP) is 1.55. The fraction of sp³-hybridized carbons (Fsp3) is 0.235. The first-order chi connectivity index (χ1) is 11.6. The first-order valence-electron chi connectivity index (χ1n) is 7.65. The van der Waals surface area contributed by atoms with E-state index in [-0.39, 0.29) is 18.9 Å². The van der Waals surface area contributed by atoms with Gasteiger partial charge in [0.05, 0.1) is 29.8 Å². The van der Waals surface area contributed by atoms with E-state index in [1.807, 2.05) is 35.9 Å². The molecule has 0 fully saturated rings. The van der Waals surface area contributed by atoms with Crippen LogP contribution in [0.4, 0.5) is 0 Å². The monoisotopic (exact) mass is 324 g/mol. The summed E-state index contributed by atoms with van der Waals surface area (Å²) >= 11 is 0. The van der Waals surface area contributed by atoms with Crippen molar-refractivity contribution in [2.24, 2.45) is 7.05 Å². The Morgan fingerprint density at radius 2 is 2.12 bits per heavy atom. The summed E-state index contributed by atoms with van der Waals surface area (Å²) in [6, 6.07) is 6.69. The van der Waals surface area contributed by atoms with Crippen molar-refractivity contribution < 1.29 is 14.7 Å². The third-order valence-electron chi connectivity index (χ3n) is 4.57. The van der Waals surface area contributed by atoms with E-state index < -0.39 is 12.0 Å². The minimum Gasteiger partial charge on any atom is -0.480 e. The maximum atomic E-state index is 13.1. The molecule has 0 spiro atoms. The van der Waals surface area contributed by atoms with Gasteiger partial charge in [-0.1, -0.05) is 18.2 Å². The SMILES string of the molecule is Cn1cc(C(=O)N2Cc3[nH]cnc3C[C@H]2C(=O)O)c2ccccc21. The lowest BCUT2D eigenvalue weighted by atomic mass is 10.0. The van der Waals surface area contributed by atoms with Crippen LogP contribution in [0, 0.1) is 0 Å². The van der Waals surface area contributed by atoms with Crippen LogP contribution in [0.3, 0.4) is 0 Å². The van der Waals surface area contributed by atoms with Gasteiger partial charge in [0.15, 0.2) is 0 Å². The number of aromatic amines is 1. The number of carboxylic acids is 1. The molecule has 7 nitrogen and oxygen atoms in total. The number of nitrogens with one attached hydrogen (secondary N) is 1. The summed E-state index contributed by atoms with van der Waals surface area (Å²) in [5.41, 5.74) is 2.96. The summed E-state index contributed by atoms with van der Waals surface area (Å²) in [5, 5.41) is 10.4. The van der Waals surface area contributed by atoms with Gasteiger partial charge in [-0.15, -0.1) is 0 Å². The normalized spacial score (nSPS) is 17.0. The smallest absolute Gasteiger partial charge is 0.326 e. The summed E-state index contributed by atoms with van der Waals surface area (Å²) in [7, 11) is 1.87. The molecule has 122 valence electrons. The number of aromatic nitrogens is 3. The maximum absolute atomic E-state index is 13.1. The van der Waals surface area contributed by atoms with Gasteiger partial charge in [-0.25, -0.2) is 9.78 Å². The van der Waals surface area contributed by atoms with Gasteiger partial charge < -0.3 is 19.6 Å². The quantitative estimate of drug-likeness (QED) is 0.748. The van der Waals surface area contributed by atoms with Gasteiger partial charge in [0.1, 0.15) is 6.04 Å². The molecule has 0 bridgehead atoms. The number of aliphatic carboxylic acids is 1. The number of H-pyrrole nitrogens is 1. The molecule has 1 amide bonds. The van der Waals surface area contributed by atoms with Crippen LogP contribution < -0.4 is 0 Å². The molecule has 2 N–H and O–H groups in total. The molecule has 4 rings (SSSR count). The van der Waals surface area contributed by atoms with Crippen molar-refractivity contribution >= 4 is 22.8 Å². The van der Waals surface area contributed by atoms with Gasteiger partial charge in [0.25, 0.3) is 5.91 Å². The molecule has 0 unspecified atom stereocenters. The van der Waals surface area contributed by atoms with Crippen molar-refractivity contribution in [3.63, 3.8) is 0 Å². The number of aryl methyl sites for hydroxylation is 1. The van der Waals surface area contributed by atoms with Crippen molar-refractivity contribution in [3.05, 3.63) is 53.7 Å². The Morgan fingerprint density at radius 1 is 1.33 bits per heavy atom. The lowest BCUT2D eigenvalue weighted by Gasteiger charge is -2.32. The average Bonchev–Trinajstić information content (AvgIpc) is 3.17. The molecule has 3 aromatic rings. The number of hydrogen-bond donors (Lipinski definition) is 2. The molecule has 0 saturated heterocycles. The van der Waals surface area contributed by atoms with Crippen LogP contribution in [0.15, 0.2) is 36.8 Å². The van der Waals surface area contributed by atoms with E-state index >= 15 is 0 Å². The van der Waals surface area contributed by atoms with Crippen LogP contribution >= 0.6 is 0 Å². The first kappa shape index (κ1) is 14.5. The first-order valence-corrected chi connectivity index (χ1v) is 7.65. The number of hydrogen-bond acceptors (Lipinski definition) is 3. The number of carbonyl (C=O) groups is 2. The van der Waals surface area contributed by atoms with E-state index in [1.54, 1.807) is 6.20 Å². The standard InChI is InChI=1S/C17H16N4O3/c1-20-7-11(10-4-2-3-5-14(10)20)16(22)21-8-13-12(18-9-19-13)6-15(21)17(23)24/h2-5,7,9,15H,6,8H2,1H3,(H,18,19)(H,23,24)/t15-/m0/s1. The Balaban J connectivity index is 1.78. The minimum absolute atomic E-state index is 0.213. The van der Waals surface area contributed by atoms with Crippen LogP contribution in [0.1, 0.15) is 21.7 Å². The summed E-state index contributed by atoms with van der Waals surface area (Å²) < 4.78 is 1.88. The van der Waals surface area contributed by atoms with Crippen molar-refractivity contribution in [2.75, 3.05) is 0 Å². The molecule has 0 aliphatic carbocycles. The zero-order valence-electron chi connectivity index (χ0n) is 13.1. The second-order valence-corrected chi connectivity index (χ2v) is 5.99. The van der Waals surface area contributed by atoms with Gasteiger partial charge in [-0.2, -0.15) is 0 Å². The minimum atomic E-state index is -1.02. The lowest BCUT2D eigenvalue weighted by Crippen LogP contribution is -2.48. The van der Waals surface area contributed by atoms with Gasteiger partial charge in [-0.05, 0) is 6.07 Å². The topological polar surface area (TPSA) is 91.2 Å². The molecule has 24 heavy (non-hydrogen) atoms. The summed E-state index contributed by atoms with van der Waals surface area (Å²) in [5.74, 6) is -1.29. The number of carbonyl (C=O) groups excluding carboxylic acids is 1. The highest BCUT2D eigenvalue weighted by Gasteiger charge is 2.37. The van der Waals surface area contributed by atoms with Gasteiger partial charge in [-0.3, -0.25) is 4.79 Å². The fourth-order valence-corrected chi connectivity index (χ4v) is 3.34. The largest absolute Gasteiger partial charge is 0.480 e. The van der Waals surface area contributed by atoms with Crippen LogP contribution in [0.2, 0.25) is 0 Å². The molecule has 1 aliphatic rings. The number of carboxylic acid groups (broad SMARTS) is 1. The van der Waals surface area contributed by atoms with Gasteiger partial charge in [0.2, 0.25) is 0 Å². The number of rotatable bonds is 2. The number of imidazole rings is 1. The third-order valence-corrected chi connectivity index (χ3v) is 4.57. The van der Waals surface area contributed by atoms with E-state index in [2.05, 4.69) is 9.97 Å². The van der Waals surface area contributed by atoms with Crippen molar-refractivity contribution in [3.8, 4) is 0 Å². The Bertz CT molecular complexity index is 956. The third kappa shape index (κ3) is 2.09. The molecule has 2 aromatic heterocycles. The summed E-state index contributed by atoms with van der Waals surface area (Å²) in [4.78, 5) is 33.3. The molecule has 0 radical (unpaired) electrons. The van der Waals surface area contributed by atoms with E-state index in [4.69, 9.17) is 0 Å². The van der Waals surface area contributed by atoms with Crippen molar-refractivity contribution in [1.82, 2.24) is 19.4 Å². The second-order valence-electron chi connectivity index (χ2n) is 5.99. The zero-order chi connectivity index (χ0) is 16.8. The highest BCUT2D eigenvalue weighted by molar-refractivity contribution is 6.08. The number of para-hydroxylation sites is 1. The number of fused-ring (bicyclic) bond motifs is 2. The van der Waals surface area contributed by atoms with Crippen molar-refractivity contribution in [1.29, 1.82) is 0 Å². The van der Waals surface area contributed by atoms with E-state index in [0.29, 0.717) is 11.3 Å². The molecular formula is C17H16N4O3. The predicted molar refractivity (Wildman–Crippen MR) is 86.5 cm³/mol. The van der Waals surface area contributed by atoms with Gasteiger partial charge in [0, 0.05) is 30.6 Å². The Morgan fingerprint density at radius 3 is 2.92 bits per heavy atom. The number of benzene rings is 1. The zero-order valence-corrected chi connectivity index (χ0v) is 13.1. The van der Waals surface area contributed by atoms with Crippen LogP contribution in [0.5, 0.6) is 0 Å². The molecule has 1 aromatic carbocycles. The van der Waals surface area contributed by atoms with Crippen LogP contribution in [0.25, 0.3) is 10.9 Å². The maximum Gasteiger partial charge on any atom is 0.326 e. The Labute approximate surface area is 137 Å². The van der Waals surface area contributed by atoms with E-state index in [0.717, 1.165) is 16.6 Å². The fourth-order valence-electron chi connectivity index (χ4n) is 3.34. The van der Waals surface area contributed by atoms with Crippen LogP contribution in [-0.4, -0.2) is 42.5 Å². The Kier molecular flexibility index (Phi) is 3.16. The molecule has 0 saturated carbocycles. The van der Waals surface area contributed by atoms with Gasteiger partial charge >= 0.3 is 5.97 Å². The lowest BCUT2D eigenvalue weighted by molar-refractivity contribution is -0.142. The molecule has 3 heterocycles. The number of nitrogens with zero attached hydrogens (tertiary/aromatic N) is 3. The van der Waals surface area contributed by atoms with Crippen molar-refractivity contribution in [2.45, 2.75) is 19.0 Å². The summed E-state index contributed by atoms with van der Waals surface area (Å²) in [6.45, 7) is 0.217. The van der Waals surface area contributed by atoms with Crippen LogP contribution in [-0.2, 0) is 24.8 Å². The molecule has 7 heteroatoms. The molecular weight excluding hydrogens is 308 g/mol. The summed E-state index contributed by atoms with van der Waals surface area (Å²) in [6.07, 6.45) is 3.51.